The lowest BCUT2D eigenvalue weighted by Crippen LogP contribution is -2.40. The van der Waals surface area contributed by atoms with E-state index in [1.54, 1.807) is 4.57 Å². The number of nitrogens with zero attached hydrogens (tertiary/aromatic N) is 2. The molecule has 0 saturated heterocycles. The number of benzene rings is 2. The minimum absolute atomic E-state index is 0.0255. The van der Waals surface area contributed by atoms with Crippen LogP contribution < -0.4 is 11.5 Å². The van der Waals surface area contributed by atoms with Crippen LogP contribution in [0.15, 0.2) is 68.5 Å². The Morgan fingerprint density at radius 1 is 1.12 bits per heavy atom. The van der Waals surface area contributed by atoms with E-state index in [2.05, 4.69) is 15.9 Å². The SMILES string of the molecule is Cc1ccc(C(=O)N(CCCN)C(c2c(Br)oc(=O)n2Cc2ccccc2)C(C)C)cc1. The molecule has 0 aliphatic heterocycles. The number of aromatic nitrogens is 1. The lowest BCUT2D eigenvalue weighted by molar-refractivity contribution is 0.0609. The minimum Gasteiger partial charge on any atom is -0.400 e. The summed E-state index contributed by atoms with van der Waals surface area (Å²) >= 11 is 3.45. The first-order chi connectivity index (χ1) is 15.3. The molecule has 1 aromatic heterocycles. The van der Waals surface area contributed by atoms with E-state index in [1.165, 1.54) is 0 Å². The Balaban J connectivity index is 2.08. The Kier molecular flexibility index (Phi) is 8.10. The van der Waals surface area contributed by atoms with Crippen molar-refractivity contribution < 1.29 is 9.21 Å². The highest BCUT2D eigenvalue weighted by Gasteiger charge is 2.34. The fraction of sp³-hybridized carbons (Fsp3) is 0.360. The summed E-state index contributed by atoms with van der Waals surface area (Å²) in [6.07, 6.45) is 0.652. The molecule has 0 radical (unpaired) electrons. The Labute approximate surface area is 197 Å². The maximum absolute atomic E-state index is 13.6. The number of halogens is 1. The zero-order valence-electron chi connectivity index (χ0n) is 18.8. The molecule has 0 bridgehead atoms. The van der Waals surface area contributed by atoms with E-state index in [0.29, 0.717) is 42.0 Å². The standard InChI is InChI=1S/C25H30BrN3O3/c1-17(2)21(28(15-7-14-27)24(30)20-12-10-18(3)11-13-20)22-23(26)32-25(31)29(22)16-19-8-5-4-6-9-19/h4-6,8-13,17,21H,7,14-16,27H2,1-3H3. The quantitative estimate of drug-likeness (QED) is 0.460. The lowest BCUT2D eigenvalue weighted by atomic mass is 9.97. The predicted octanol–water partition coefficient (Wildman–Crippen LogP) is 4.75. The Morgan fingerprint density at radius 2 is 1.78 bits per heavy atom. The maximum atomic E-state index is 13.6. The van der Waals surface area contributed by atoms with Crippen molar-refractivity contribution in [3.63, 3.8) is 0 Å². The molecule has 0 aliphatic rings. The summed E-state index contributed by atoms with van der Waals surface area (Å²) in [4.78, 5) is 28.2. The molecule has 0 aliphatic carbocycles. The number of hydrogen-bond donors (Lipinski definition) is 1. The number of aryl methyl sites for hydroxylation is 1. The number of carbonyl (C=O) groups excluding carboxylic acids is 1. The fourth-order valence-corrected chi connectivity index (χ4v) is 4.48. The van der Waals surface area contributed by atoms with E-state index in [-0.39, 0.29) is 17.9 Å². The first-order valence-corrected chi connectivity index (χ1v) is 11.6. The lowest BCUT2D eigenvalue weighted by Gasteiger charge is -2.35. The monoisotopic (exact) mass is 499 g/mol. The number of nitrogens with two attached hydrogens (primary N) is 1. The number of oxazole rings is 1. The Bertz CT molecular complexity index is 1090. The molecule has 1 heterocycles. The highest BCUT2D eigenvalue weighted by atomic mass is 79.9. The van der Waals surface area contributed by atoms with Crippen LogP contribution in [0.2, 0.25) is 0 Å². The van der Waals surface area contributed by atoms with Gasteiger partial charge in [-0.05, 0) is 59.4 Å². The molecule has 3 aromatic rings. The van der Waals surface area contributed by atoms with Crippen molar-refractivity contribution in [3.05, 3.63) is 92.2 Å². The summed E-state index contributed by atoms with van der Waals surface area (Å²) < 4.78 is 7.43. The van der Waals surface area contributed by atoms with Gasteiger partial charge in [-0.25, -0.2) is 4.79 Å². The van der Waals surface area contributed by atoms with Gasteiger partial charge in [-0.2, -0.15) is 0 Å². The van der Waals surface area contributed by atoms with E-state index >= 15 is 0 Å². The topological polar surface area (TPSA) is 81.5 Å². The molecule has 2 N–H and O–H groups in total. The third kappa shape index (κ3) is 5.40. The molecule has 1 amide bonds. The van der Waals surface area contributed by atoms with Gasteiger partial charge in [0.2, 0.25) is 0 Å². The van der Waals surface area contributed by atoms with Crippen LogP contribution >= 0.6 is 15.9 Å². The summed E-state index contributed by atoms with van der Waals surface area (Å²) in [5.41, 5.74) is 9.13. The van der Waals surface area contributed by atoms with Crippen LogP contribution in [0.3, 0.4) is 0 Å². The molecule has 170 valence electrons. The van der Waals surface area contributed by atoms with Crippen LogP contribution in [-0.4, -0.2) is 28.5 Å². The van der Waals surface area contributed by atoms with Crippen LogP contribution in [-0.2, 0) is 6.54 Å². The van der Waals surface area contributed by atoms with E-state index in [4.69, 9.17) is 10.2 Å². The smallest absolute Gasteiger partial charge is 0.400 e. The zero-order valence-corrected chi connectivity index (χ0v) is 20.3. The third-order valence-corrected chi connectivity index (χ3v) is 6.05. The molecule has 2 aromatic carbocycles. The van der Waals surface area contributed by atoms with Crippen molar-refractivity contribution in [2.45, 2.75) is 39.8 Å². The van der Waals surface area contributed by atoms with Gasteiger partial charge < -0.3 is 15.1 Å². The van der Waals surface area contributed by atoms with E-state index in [1.807, 2.05) is 80.3 Å². The largest absolute Gasteiger partial charge is 0.420 e. The van der Waals surface area contributed by atoms with Gasteiger partial charge in [-0.15, -0.1) is 0 Å². The van der Waals surface area contributed by atoms with E-state index in [0.717, 1.165) is 11.1 Å². The molecule has 1 unspecified atom stereocenters. The van der Waals surface area contributed by atoms with Gasteiger partial charge in [-0.1, -0.05) is 61.9 Å². The molecule has 6 nitrogen and oxygen atoms in total. The van der Waals surface area contributed by atoms with E-state index < -0.39 is 5.76 Å². The van der Waals surface area contributed by atoms with Gasteiger partial charge in [0.15, 0.2) is 4.67 Å². The molecule has 1 atom stereocenters. The third-order valence-electron chi connectivity index (χ3n) is 5.48. The highest BCUT2D eigenvalue weighted by molar-refractivity contribution is 9.10. The molecular weight excluding hydrogens is 470 g/mol. The van der Waals surface area contributed by atoms with Crippen LogP contribution in [0.4, 0.5) is 0 Å². The van der Waals surface area contributed by atoms with Crippen molar-refractivity contribution >= 4 is 21.8 Å². The summed E-state index contributed by atoms with van der Waals surface area (Å²) in [5.74, 6) is -0.524. The normalized spacial score (nSPS) is 12.2. The predicted molar refractivity (Wildman–Crippen MR) is 130 cm³/mol. The van der Waals surface area contributed by atoms with Gasteiger partial charge in [0, 0.05) is 12.1 Å². The first-order valence-electron chi connectivity index (χ1n) is 10.8. The minimum atomic E-state index is -0.456. The van der Waals surface area contributed by atoms with Gasteiger partial charge >= 0.3 is 5.76 Å². The van der Waals surface area contributed by atoms with Crippen molar-refractivity contribution in [2.24, 2.45) is 11.7 Å². The Morgan fingerprint density at radius 3 is 2.38 bits per heavy atom. The fourth-order valence-electron chi connectivity index (χ4n) is 3.89. The van der Waals surface area contributed by atoms with Crippen LogP contribution in [0.5, 0.6) is 0 Å². The molecule has 0 fully saturated rings. The average Bonchev–Trinajstić information content (AvgIpc) is 3.04. The molecule has 0 spiro atoms. The molecule has 3 rings (SSSR count). The average molecular weight is 500 g/mol. The Hall–Kier alpha value is -2.64. The summed E-state index contributed by atoms with van der Waals surface area (Å²) in [5, 5.41) is 0. The number of hydrogen-bond acceptors (Lipinski definition) is 4. The van der Waals surface area contributed by atoms with Crippen LogP contribution in [0, 0.1) is 12.8 Å². The van der Waals surface area contributed by atoms with Crippen molar-refractivity contribution in [1.82, 2.24) is 9.47 Å². The van der Waals surface area contributed by atoms with Gasteiger partial charge in [-0.3, -0.25) is 9.36 Å². The summed E-state index contributed by atoms with van der Waals surface area (Å²) in [6.45, 7) is 7.37. The van der Waals surface area contributed by atoms with Gasteiger partial charge in [0.1, 0.15) is 0 Å². The second-order valence-corrected chi connectivity index (χ2v) is 9.01. The maximum Gasteiger partial charge on any atom is 0.420 e. The number of carbonyl (C=O) groups is 1. The molecule has 7 heteroatoms. The second kappa shape index (κ2) is 10.8. The highest BCUT2D eigenvalue weighted by Crippen LogP contribution is 2.35. The molecule has 0 saturated carbocycles. The van der Waals surface area contributed by atoms with Crippen molar-refractivity contribution in [3.8, 4) is 0 Å². The summed E-state index contributed by atoms with van der Waals surface area (Å²) in [6, 6.07) is 16.9. The second-order valence-electron chi connectivity index (χ2n) is 8.29. The van der Waals surface area contributed by atoms with Crippen molar-refractivity contribution in [1.29, 1.82) is 0 Å². The van der Waals surface area contributed by atoms with Gasteiger partial charge in [0.25, 0.3) is 5.91 Å². The van der Waals surface area contributed by atoms with Crippen LogP contribution in [0.1, 0.15) is 53.5 Å². The summed E-state index contributed by atoms with van der Waals surface area (Å²) in [7, 11) is 0. The van der Waals surface area contributed by atoms with E-state index in [9.17, 15) is 9.59 Å². The van der Waals surface area contributed by atoms with Gasteiger partial charge in [0.05, 0.1) is 18.3 Å². The zero-order chi connectivity index (χ0) is 23.3. The number of rotatable bonds is 9. The number of amides is 1. The molecular formula is C25H30BrN3O3. The first kappa shape index (κ1) is 24.0. The molecule has 32 heavy (non-hydrogen) atoms. The van der Waals surface area contributed by atoms with Crippen molar-refractivity contribution in [2.75, 3.05) is 13.1 Å². The van der Waals surface area contributed by atoms with Crippen LogP contribution in [0.25, 0.3) is 0 Å².